The average molecular weight is 228 g/mol. The van der Waals surface area contributed by atoms with Crippen molar-refractivity contribution in [1.82, 2.24) is 0 Å². The van der Waals surface area contributed by atoms with E-state index in [-0.39, 0.29) is 11.6 Å². The van der Waals surface area contributed by atoms with E-state index in [2.05, 4.69) is 0 Å². The third kappa shape index (κ3) is 2.75. The lowest BCUT2D eigenvalue weighted by atomic mass is 10.2. The van der Waals surface area contributed by atoms with Crippen LogP contribution in [0, 0.1) is 5.41 Å². The Kier molecular flexibility index (Phi) is 2.96. The minimum absolute atomic E-state index is 0.0289. The summed E-state index contributed by atoms with van der Waals surface area (Å²) in [5, 5.41) is 16.4. The number of ether oxygens (including phenoxy) is 1. The molecule has 2 aromatic carbocycles. The van der Waals surface area contributed by atoms with E-state index in [1.165, 1.54) is 0 Å². The lowest BCUT2D eigenvalue weighted by Gasteiger charge is -2.06. The molecule has 0 aromatic heterocycles. The molecule has 0 heterocycles. The van der Waals surface area contributed by atoms with Gasteiger partial charge in [-0.05, 0) is 48.5 Å². The van der Waals surface area contributed by atoms with E-state index in [0.29, 0.717) is 17.1 Å². The second-order valence-electron chi connectivity index (χ2n) is 3.53. The summed E-state index contributed by atoms with van der Waals surface area (Å²) < 4.78 is 5.55. The van der Waals surface area contributed by atoms with Gasteiger partial charge in [0.1, 0.15) is 23.1 Å². The SMILES string of the molecule is N=C(N)c1ccc(Oc2ccc(O)cc2)cc1. The quantitative estimate of drug-likeness (QED) is 0.557. The Balaban J connectivity index is 2.13. The zero-order valence-electron chi connectivity index (χ0n) is 9.05. The van der Waals surface area contributed by atoms with Gasteiger partial charge < -0.3 is 15.6 Å². The second kappa shape index (κ2) is 4.57. The lowest BCUT2D eigenvalue weighted by Crippen LogP contribution is -2.10. The Morgan fingerprint density at radius 2 is 1.41 bits per heavy atom. The average Bonchev–Trinajstić information content (AvgIpc) is 2.33. The Labute approximate surface area is 98.8 Å². The first-order valence-electron chi connectivity index (χ1n) is 5.06. The topological polar surface area (TPSA) is 79.3 Å². The van der Waals surface area contributed by atoms with Crippen LogP contribution in [0.3, 0.4) is 0 Å². The molecule has 0 amide bonds. The first-order valence-corrected chi connectivity index (χ1v) is 5.06. The zero-order chi connectivity index (χ0) is 12.3. The summed E-state index contributed by atoms with van der Waals surface area (Å²) in [7, 11) is 0. The van der Waals surface area contributed by atoms with Crippen LogP contribution in [-0.2, 0) is 0 Å². The highest BCUT2D eigenvalue weighted by Gasteiger charge is 1.99. The summed E-state index contributed by atoms with van der Waals surface area (Å²) in [6, 6.07) is 13.4. The molecule has 4 nitrogen and oxygen atoms in total. The smallest absolute Gasteiger partial charge is 0.127 e. The van der Waals surface area contributed by atoms with Crippen LogP contribution in [-0.4, -0.2) is 10.9 Å². The van der Waals surface area contributed by atoms with Gasteiger partial charge in [0.25, 0.3) is 0 Å². The monoisotopic (exact) mass is 228 g/mol. The van der Waals surface area contributed by atoms with Gasteiger partial charge in [0, 0.05) is 5.56 Å². The molecule has 0 bridgehead atoms. The molecule has 0 atom stereocenters. The number of nitrogens with two attached hydrogens (primary N) is 1. The van der Waals surface area contributed by atoms with E-state index in [1.54, 1.807) is 48.5 Å². The van der Waals surface area contributed by atoms with E-state index in [1.807, 2.05) is 0 Å². The molecule has 0 fully saturated rings. The van der Waals surface area contributed by atoms with Gasteiger partial charge in [-0.1, -0.05) is 0 Å². The van der Waals surface area contributed by atoms with Crippen molar-refractivity contribution < 1.29 is 9.84 Å². The van der Waals surface area contributed by atoms with Gasteiger partial charge in [0.2, 0.25) is 0 Å². The number of nitrogens with one attached hydrogen (secondary N) is 1. The maximum Gasteiger partial charge on any atom is 0.127 e. The van der Waals surface area contributed by atoms with Crippen molar-refractivity contribution in [3.63, 3.8) is 0 Å². The van der Waals surface area contributed by atoms with Crippen LogP contribution in [0.15, 0.2) is 48.5 Å². The van der Waals surface area contributed by atoms with E-state index >= 15 is 0 Å². The van der Waals surface area contributed by atoms with Crippen molar-refractivity contribution in [2.45, 2.75) is 0 Å². The molecule has 0 radical (unpaired) electrons. The van der Waals surface area contributed by atoms with E-state index < -0.39 is 0 Å². The largest absolute Gasteiger partial charge is 0.508 e. The number of aromatic hydroxyl groups is 1. The normalized spacial score (nSPS) is 9.88. The number of amidine groups is 1. The number of benzene rings is 2. The predicted molar refractivity (Wildman–Crippen MR) is 65.6 cm³/mol. The van der Waals surface area contributed by atoms with Crippen molar-refractivity contribution in [3.8, 4) is 17.2 Å². The minimum atomic E-state index is 0.0289. The minimum Gasteiger partial charge on any atom is -0.508 e. The highest BCUT2D eigenvalue weighted by atomic mass is 16.5. The van der Waals surface area contributed by atoms with Crippen molar-refractivity contribution >= 4 is 5.84 Å². The molecule has 0 spiro atoms. The Morgan fingerprint density at radius 3 is 1.88 bits per heavy atom. The number of rotatable bonds is 3. The van der Waals surface area contributed by atoms with Crippen molar-refractivity contribution in [1.29, 1.82) is 5.41 Å². The Hall–Kier alpha value is -2.49. The van der Waals surface area contributed by atoms with Crippen molar-refractivity contribution in [3.05, 3.63) is 54.1 Å². The summed E-state index contributed by atoms with van der Waals surface area (Å²) in [6.45, 7) is 0. The molecular formula is C13H12N2O2. The highest BCUT2D eigenvalue weighted by Crippen LogP contribution is 2.23. The second-order valence-corrected chi connectivity index (χ2v) is 3.53. The summed E-state index contributed by atoms with van der Waals surface area (Å²) in [4.78, 5) is 0. The van der Waals surface area contributed by atoms with Crippen LogP contribution in [0.5, 0.6) is 17.2 Å². The molecule has 0 unspecified atom stereocenters. The molecule has 2 rings (SSSR count). The molecule has 4 N–H and O–H groups in total. The number of hydrogen-bond donors (Lipinski definition) is 3. The predicted octanol–water partition coefficient (Wildman–Crippen LogP) is 2.47. The van der Waals surface area contributed by atoms with Gasteiger partial charge in [0.05, 0.1) is 0 Å². The van der Waals surface area contributed by atoms with Gasteiger partial charge in [-0.2, -0.15) is 0 Å². The third-order valence-corrected chi connectivity index (χ3v) is 2.24. The number of phenols is 1. The molecule has 2 aromatic rings. The highest BCUT2D eigenvalue weighted by molar-refractivity contribution is 5.94. The van der Waals surface area contributed by atoms with Gasteiger partial charge in [-0.3, -0.25) is 5.41 Å². The zero-order valence-corrected chi connectivity index (χ0v) is 9.05. The third-order valence-electron chi connectivity index (χ3n) is 2.24. The number of nitrogen functional groups attached to an aromatic ring is 1. The molecule has 0 aliphatic heterocycles. The maximum absolute atomic E-state index is 9.13. The number of phenolic OH excluding ortho intramolecular Hbond substituents is 1. The fourth-order valence-electron chi connectivity index (χ4n) is 1.35. The first-order chi connectivity index (χ1) is 8.15. The summed E-state index contributed by atoms with van der Waals surface area (Å²) in [5.41, 5.74) is 6.00. The lowest BCUT2D eigenvalue weighted by molar-refractivity contribution is 0.464. The van der Waals surface area contributed by atoms with E-state index in [9.17, 15) is 0 Å². The molecule has 0 saturated carbocycles. The van der Waals surface area contributed by atoms with Gasteiger partial charge >= 0.3 is 0 Å². The maximum atomic E-state index is 9.13. The fraction of sp³-hybridized carbons (Fsp3) is 0. The van der Waals surface area contributed by atoms with Crippen LogP contribution >= 0.6 is 0 Å². The molecule has 0 aliphatic carbocycles. The van der Waals surface area contributed by atoms with Gasteiger partial charge in [-0.15, -0.1) is 0 Å². The molecule has 86 valence electrons. The van der Waals surface area contributed by atoms with Crippen LogP contribution < -0.4 is 10.5 Å². The Morgan fingerprint density at radius 1 is 0.941 bits per heavy atom. The van der Waals surface area contributed by atoms with Gasteiger partial charge in [-0.25, -0.2) is 0 Å². The van der Waals surface area contributed by atoms with Crippen LogP contribution in [0.25, 0.3) is 0 Å². The fourth-order valence-corrected chi connectivity index (χ4v) is 1.35. The van der Waals surface area contributed by atoms with Crippen LogP contribution in [0.1, 0.15) is 5.56 Å². The van der Waals surface area contributed by atoms with Crippen molar-refractivity contribution in [2.24, 2.45) is 5.73 Å². The summed E-state index contributed by atoms with van der Waals surface area (Å²) >= 11 is 0. The summed E-state index contributed by atoms with van der Waals surface area (Å²) in [6.07, 6.45) is 0. The first kappa shape index (κ1) is 11.0. The van der Waals surface area contributed by atoms with Crippen LogP contribution in [0.4, 0.5) is 0 Å². The standard InChI is InChI=1S/C13H12N2O2/c14-13(15)9-1-5-11(6-2-9)17-12-7-3-10(16)4-8-12/h1-8,16H,(H3,14,15). The molecular weight excluding hydrogens is 216 g/mol. The number of hydrogen-bond acceptors (Lipinski definition) is 3. The van der Waals surface area contributed by atoms with E-state index in [4.69, 9.17) is 21.0 Å². The summed E-state index contributed by atoms with van der Waals surface area (Å²) in [5.74, 6) is 1.52. The molecule has 0 aliphatic rings. The van der Waals surface area contributed by atoms with E-state index in [0.717, 1.165) is 0 Å². The van der Waals surface area contributed by atoms with Crippen molar-refractivity contribution in [2.75, 3.05) is 0 Å². The van der Waals surface area contributed by atoms with Crippen LogP contribution in [0.2, 0.25) is 0 Å². The molecule has 4 heteroatoms. The molecule has 17 heavy (non-hydrogen) atoms. The van der Waals surface area contributed by atoms with Gasteiger partial charge in [0.15, 0.2) is 0 Å². The molecule has 0 saturated heterocycles. The Bertz CT molecular complexity index is 518.